The van der Waals surface area contributed by atoms with Crippen molar-refractivity contribution in [3.8, 4) is 11.4 Å². The van der Waals surface area contributed by atoms with E-state index >= 15 is 0 Å². The summed E-state index contributed by atoms with van der Waals surface area (Å²) in [4.78, 5) is 9.06. The van der Waals surface area contributed by atoms with Crippen molar-refractivity contribution in [3.63, 3.8) is 0 Å². The minimum atomic E-state index is 0.806. The first-order valence-electron chi connectivity index (χ1n) is 5.64. The van der Waals surface area contributed by atoms with Crippen LogP contribution in [0.1, 0.15) is 11.3 Å². The summed E-state index contributed by atoms with van der Waals surface area (Å²) in [7, 11) is 0. The van der Waals surface area contributed by atoms with Crippen LogP contribution in [-0.4, -0.2) is 16.5 Å². The van der Waals surface area contributed by atoms with Gasteiger partial charge in [0, 0.05) is 22.8 Å². The third kappa shape index (κ3) is 2.23. The minimum absolute atomic E-state index is 0.806. The highest BCUT2D eigenvalue weighted by Crippen LogP contribution is 2.20. The number of hydrogen-bond acceptors (Lipinski definition) is 3. The Balaban J connectivity index is 2.01. The van der Waals surface area contributed by atoms with E-state index in [-0.39, 0.29) is 0 Å². The van der Waals surface area contributed by atoms with Crippen LogP contribution in [-0.2, 0) is 13.0 Å². The fourth-order valence-corrected chi connectivity index (χ4v) is 2.24. The van der Waals surface area contributed by atoms with Gasteiger partial charge in [-0.25, -0.2) is 9.97 Å². The lowest BCUT2D eigenvalue weighted by atomic mass is 10.1. The molecular formula is C13H12BrN3. The van der Waals surface area contributed by atoms with E-state index < -0.39 is 0 Å². The second-order valence-corrected chi connectivity index (χ2v) is 5.01. The molecule has 0 bridgehead atoms. The van der Waals surface area contributed by atoms with Crippen LogP contribution >= 0.6 is 15.9 Å². The summed E-state index contributed by atoms with van der Waals surface area (Å²) in [6.07, 6.45) is 2.98. The molecule has 1 aliphatic heterocycles. The molecule has 0 unspecified atom stereocenters. The van der Waals surface area contributed by atoms with E-state index in [2.05, 4.69) is 31.2 Å². The molecule has 2 heterocycles. The van der Waals surface area contributed by atoms with Gasteiger partial charge in [-0.15, -0.1) is 0 Å². The summed E-state index contributed by atoms with van der Waals surface area (Å²) in [5.41, 5.74) is 3.45. The van der Waals surface area contributed by atoms with Crippen LogP contribution in [0.2, 0.25) is 0 Å². The number of rotatable bonds is 1. The van der Waals surface area contributed by atoms with Gasteiger partial charge in [0.15, 0.2) is 5.82 Å². The van der Waals surface area contributed by atoms with Crippen LogP contribution < -0.4 is 5.32 Å². The van der Waals surface area contributed by atoms with E-state index in [1.54, 1.807) is 0 Å². The standard InChI is InChI=1S/C13H12BrN3/c14-11-3-1-9(2-4-11)13-16-7-10-5-6-15-8-12(10)17-13/h1-4,7,15H,5-6,8H2. The van der Waals surface area contributed by atoms with E-state index in [1.165, 1.54) is 5.56 Å². The van der Waals surface area contributed by atoms with Gasteiger partial charge in [0.25, 0.3) is 0 Å². The summed E-state index contributed by atoms with van der Waals surface area (Å²) in [5.74, 6) is 0.806. The average Bonchev–Trinajstić information content (AvgIpc) is 2.39. The van der Waals surface area contributed by atoms with Gasteiger partial charge < -0.3 is 5.32 Å². The molecule has 4 heteroatoms. The largest absolute Gasteiger partial charge is 0.311 e. The van der Waals surface area contributed by atoms with Gasteiger partial charge in [0.2, 0.25) is 0 Å². The van der Waals surface area contributed by atoms with Gasteiger partial charge in [0.1, 0.15) is 0 Å². The average molecular weight is 290 g/mol. The lowest BCUT2D eigenvalue weighted by Crippen LogP contribution is -2.25. The van der Waals surface area contributed by atoms with Crippen LogP contribution in [0.3, 0.4) is 0 Å². The van der Waals surface area contributed by atoms with Crippen molar-refractivity contribution in [3.05, 3.63) is 46.2 Å². The van der Waals surface area contributed by atoms with E-state index in [1.807, 2.05) is 30.5 Å². The molecule has 2 aromatic rings. The third-order valence-electron chi connectivity index (χ3n) is 2.92. The molecule has 0 saturated carbocycles. The summed E-state index contributed by atoms with van der Waals surface area (Å²) in [6, 6.07) is 8.08. The maximum absolute atomic E-state index is 4.62. The van der Waals surface area contributed by atoms with E-state index in [9.17, 15) is 0 Å². The number of aromatic nitrogens is 2. The number of fused-ring (bicyclic) bond motifs is 1. The summed E-state index contributed by atoms with van der Waals surface area (Å²) < 4.78 is 1.07. The van der Waals surface area contributed by atoms with Gasteiger partial charge in [-0.2, -0.15) is 0 Å². The molecule has 3 nitrogen and oxygen atoms in total. The van der Waals surface area contributed by atoms with Gasteiger partial charge in [-0.3, -0.25) is 0 Å². The zero-order valence-corrected chi connectivity index (χ0v) is 10.9. The second kappa shape index (κ2) is 4.55. The molecule has 0 amide bonds. The maximum atomic E-state index is 4.62. The Morgan fingerprint density at radius 2 is 2.00 bits per heavy atom. The van der Waals surface area contributed by atoms with Crippen molar-refractivity contribution in [2.45, 2.75) is 13.0 Å². The van der Waals surface area contributed by atoms with E-state index in [0.29, 0.717) is 0 Å². The van der Waals surface area contributed by atoms with Crippen LogP contribution in [0.25, 0.3) is 11.4 Å². The minimum Gasteiger partial charge on any atom is -0.311 e. The lowest BCUT2D eigenvalue weighted by molar-refractivity contribution is 0.624. The molecule has 0 spiro atoms. The predicted octanol–water partition coefficient (Wildman–Crippen LogP) is 2.55. The Labute approximate surface area is 108 Å². The van der Waals surface area contributed by atoms with Gasteiger partial charge in [-0.05, 0) is 30.7 Å². The van der Waals surface area contributed by atoms with Crippen molar-refractivity contribution in [1.29, 1.82) is 0 Å². The van der Waals surface area contributed by atoms with E-state index in [0.717, 1.165) is 41.1 Å². The molecule has 1 N–H and O–H groups in total. The van der Waals surface area contributed by atoms with E-state index in [4.69, 9.17) is 0 Å². The highest BCUT2D eigenvalue weighted by Gasteiger charge is 2.12. The Morgan fingerprint density at radius 3 is 2.82 bits per heavy atom. The normalized spacial score (nSPS) is 14.4. The molecule has 3 rings (SSSR count). The summed E-state index contributed by atoms with van der Waals surface area (Å²) in [6.45, 7) is 1.87. The van der Waals surface area contributed by atoms with Gasteiger partial charge in [-0.1, -0.05) is 28.1 Å². The number of hydrogen-bond donors (Lipinski definition) is 1. The Hall–Kier alpha value is -1.26. The van der Waals surface area contributed by atoms with Crippen molar-refractivity contribution < 1.29 is 0 Å². The molecule has 0 atom stereocenters. The summed E-state index contributed by atoms with van der Waals surface area (Å²) in [5, 5.41) is 3.33. The predicted molar refractivity (Wildman–Crippen MR) is 70.6 cm³/mol. The summed E-state index contributed by atoms with van der Waals surface area (Å²) >= 11 is 3.43. The Kier molecular flexibility index (Phi) is 2.91. The first-order valence-corrected chi connectivity index (χ1v) is 6.44. The number of benzene rings is 1. The smallest absolute Gasteiger partial charge is 0.159 e. The number of halogens is 1. The zero-order valence-electron chi connectivity index (χ0n) is 9.28. The maximum Gasteiger partial charge on any atom is 0.159 e. The lowest BCUT2D eigenvalue weighted by Gasteiger charge is -2.16. The molecular weight excluding hydrogens is 278 g/mol. The van der Waals surface area contributed by atoms with Crippen LogP contribution in [0, 0.1) is 0 Å². The fraction of sp³-hybridized carbons (Fsp3) is 0.231. The van der Waals surface area contributed by atoms with Crippen molar-refractivity contribution >= 4 is 15.9 Å². The molecule has 17 heavy (non-hydrogen) atoms. The molecule has 86 valence electrons. The third-order valence-corrected chi connectivity index (χ3v) is 3.45. The molecule has 1 aliphatic rings. The van der Waals surface area contributed by atoms with Crippen molar-refractivity contribution in [2.24, 2.45) is 0 Å². The molecule has 0 fully saturated rings. The number of nitrogens with zero attached hydrogens (tertiary/aromatic N) is 2. The van der Waals surface area contributed by atoms with Crippen LogP contribution in [0.5, 0.6) is 0 Å². The van der Waals surface area contributed by atoms with Crippen LogP contribution in [0.15, 0.2) is 34.9 Å². The zero-order chi connectivity index (χ0) is 11.7. The highest BCUT2D eigenvalue weighted by molar-refractivity contribution is 9.10. The molecule has 0 radical (unpaired) electrons. The molecule has 1 aromatic heterocycles. The topological polar surface area (TPSA) is 37.8 Å². The highest BCUT2D eigenvalue weighted by atomic mass is 79.9. The van der Waals surface area contributed by atoms with Crippen LogP contribution in [0.4, 0.5) is 0 Å². The fourth-order valence-electron chi connectivity index (χ4n) is 1.97. The number of nitrogens with one attached hydrogen (secondary N) is 1. The molecule has 0 aliphatic carbocycles. The second-order valence-electron chi connectivity index (χ2n) is 4.10. The van der Waals surface area contributed by atoms with Crippen molar-refractivity contribution in [2.75, 3.05) is 6.54 Å². The quantitative estimate of drug-likeness (QED) is 0.877. The van der Waals surface area contributed by atoms with Gasteiger partial charge >= 0.3 is 0 Å². The Morgan fingerprint density at radius 1 is 1.18 bits per heavy atom. The first kappa shape index (κ1) is 10.9. The first-order chi connectivity index (χ1) is 8.33. The SMILES string of the molecule is Brc1ccc(-c2ncc3c(n2)CNCC3)cc1. The Bertz CT molecular complexity index is 537. The molecule has 0 saturated heterocycles. The monoisotopic (exact) mass is 289 g/mol. The van der Waals surface area contributed by atoms with Crippen molar-refractivity contribution in [1.82, 2.24) is 15.3 Å². The molecule has 1 aromatic carbocycles. The van der Waals surface area contributed by atoms with Gasteiger partial charge in [0.05, 0.1) is 5.69 Å².